The SMILES string of the molecule is CSCCC(N)C(=O)NC(CCCN=C(N)N)C(=O)NC(C(=O)NCC(=O)O)C(C)C. The van der Waals surface area contributed by atoms with Gasteiger partial charge in [-0.15, -0.1) is 0 Å². The molecule has 0 rings (SSSR count). The number of carboxylic acids is 1. The summed E-state index contributed by atoms with van der Waals surface area (Å²) in [5, 5.41) is 16.2. The largest absolute Gasteiger partial charge is 0.480 e. The fourth-order valence-corrected chi connectivity index (χ4v) is 2.98. The van der Waals surface area contributed by atoms with E-state index < -0.39 is 48.4 Å². The molecule has 0 fully saturated rings. The van der Waals surface area contributed by atoms with Gasteiger partial charge in [0.1, 0.15) is 18.6 Å². The second-order valence-corrected chi connectivity index (χ2v) is 8.23. The number of hydrogen-bond donors (Lipinski definition) is 7. The van der Waals surface area contributed by atoms with Gasteiger partial charge < -0.3 is 38.3 Å². The molecule has 0 heterocycles. The number of nitrogens with zero attached hydrogens (tertiary/aromatic N) is 1. The average Bonchev–Trinajstić information content (AvgIpc) is 2.69. The molecule has 12 nitrogen and oxygen atoms in total. The standard InChI is InChI=1S/C18H35N7O5S/c1-10(2)14(17(30)23-9-13(26)27)25-16(29)12(5-4-7-22-18(20)21)24-15(28)11(19)6-8-31-3/h10-12,14H,4-9,19H2,1-3H3,(H,23,30)(H,24,28)(H,25,29)(H,26,27)(H4,20,21,22). The molecule has 0 aromatic rings. The molecule has 0 saturated carbocycles. The predicted molar refractivity (Wildman–Crippen MR) is 120 cm³/mol. The molecule has 3 unspecified atom stereocenters. The number of guanidine groups is 1. The molecular weight excluding hydrogens is 426 g/mol. The van der Waals surface area contributed by atoms with Crippen LogP contribution in [0.25, 0.3) is 0 Å². The highest BCUT2D eigenvalue weighted by Crippen LogP contribution is 2.06. The zero-order valence-electron chi connectivity index (χ0n) is 18.2. The van der Waals surface area contributed by atoms with Crippen molar-refractivity contribution in [3.63, 3.8) is 0 Å². The van der Waals surface area contributed by atoms with Crippen LogP contribution in [0.3, 0.4) is 0 Å². The van der Waals surface area contributed by atoms with Gasteiger partial charge >= 0.3 is 5.97 Å². The number of nitrogens with two attached hydrogens (primary N) is 3. The molecule has 0 aliphatic rings. The Balaban J connectivity index is 5.24. The van der Waals surface area contributed by atoms with Crippen molar-refractivity contribution < 1.29 is 24.3 Å². The lowest BCUT2D eigenvalue weighted by molar-refractivity contribution is -0.139. The first-order chi connectivity index (χ1) is 14.5. The summed E-state index contributed by atoms with van der Waals surface area (Å²) in [5.41, 5.74) is 16.5. The topological polar surface area (TPSA) is 215 Å². The first kappa shape index (κ1) is 28.5. The third-order valence-electron chi connectivity index (χ3n) is 4.21. The number of carbonyl (C=O) groups is 4. The molecule has 0 saturated heterocycles. The lowest BCUT2D eigenvalue weighted by Gasteiger charge is -2.25. The maximum atomic E-state index is 12.8. The van der Waals surface area contributed by atoms with E-state index in [-0.39, 0.29) is 24.8 Å². The van der Waals surface area contributed by atoms with Crippen LogP contribution in [0.4, 0.5) is 0 Å². The number of carboxylic acid groups (broad SMARTS) is 1. The van der Waals surface area contributed by atoms with Crippen LogP contribution in [-0.2, 0) is 19.2 Å². The molecule has 0 aliphatic carbocycles. The second kappa shape index (κ2) is 15.3. The Hall–Kier alpha value is -2.54. The number of aliphatic imine (C=N–C) groups is 1. The van der Waals surface area contributed by atoms with Crippen molar-refractivity contribution in [2.24, 2.45) is 28.1 Å². The van der Waals surface area contributed by atoms with Gasteiger partial charge in [0.2, 0.25) is 17.7 Å². The maximum Gasteiger partial charge on any atom is 0.322 e. The lowest BCUT2D eigenvalue weighted by Crippen LogP contribution is -2.57. The van der Waals surface area contributed by atoms with Crippen LogP contribution in [0.5, 0.6) is 0 Å². The molecule has 0 spiro atoms. The number of carbonyl (C=O) groups excluding carboxylic acids is 3. The lowest BCUT2D eigenvalue weighted by atomic mass is 10.0. The maximum absolute atomic E-state index is 12.8. The van der Waals surface area contributed by atoms with Gasteiger partial charge in [-0.2, -0.15) is 11.8 Å². The van der Waals surface area contributed by atoms with Crippen molar-refractivity contribution in [2.75, 3.05) is 25.1 Å². The Bertz CT molecular complexity index is 641. The number of rotatable bonds is 15. The number of aliphatic carboxylic acids is 1. The van der Waals surface area contributed by atoms with E-state index in [1.807, 2.05) is 6.26 Å². The van der Waals surface area contributed by atoms with Gasteiger partial charge in [-0.25, -0.2) is 0 Å². The van der Waals surface area contributed by atoms with E-state index >= 15 is 0 Å². The van der Waals surface area contributed by atoms with Crippen molar-refractivity contribution in [2.45, 2.75) is 51.2 Å². The molecule has 3 amide bonds. The van der Waals surface area contributed by atoms with Crippen LogP contribution in [0.1, 0.15) is 33.1 Å². The van der Waals surface area contributed by atoms with E-state index in [0.29, 0.717) is 18.6 Å². The van der Waals surface area contributed by atoms with E-state index in [9.17, 15) is 19.2 Å². The van der Waals surface area contributed by atoms with Gasteiger partial charge in [-0.3, -0.25) is 24.2 Å². The van der Waals surface area contributed by atoms with Crippen LogP contribution in [0, 0.1) is 5.92 Å². The molecule has 13 heteroatoms. The van der Waals surface area contributed by atoms with Crippen LogP contribution in [-0.4, -0.2) is 78.0 Å². The smallest absolute Gasteiger partial charge is 0.322 e. The number of thioether (sulfide) groups is 1. The zero-order valence-corrected chi connectivity index (χ0v) is 19.0. The molecule has 0 bridgehead atoms. The molecule has 0 aromatic carbocycles. The minimum atomic E-state index is -1.20. The fourth-order valence-electron chi connectivity index (χ4n) is 2.49. The average molecular weight is 462 g/mol. The fraction of sp³-hybridized carbons (Fsp3) is 0.722. The summed E-state index contributed by atoms with van der Waals surface area (Å²) in [6, 6.07) is -2.72. The molecule has 178 valence electrons. The Labute approximate surface area is 186 Å². The predicted octanol–water partition coefficient (Wildman–Crippen LogP) is -2.05. The van der Waals surface area contributed by atoms with E-state index in [2.05, 4.69) is 20.9 Å². The molecule has 0 radical (unpaired) electrons. The van der Waals surface area contributed by atoms with Gasteiger partial charge in [-0.1, -0.05) is 13.8 Å². The van der Waals surface area contributed by atoms with Gasteiger partial charge in [0.15, 0.2) is 5.96 Å². The van der Waals surface area contributed by atoms with Crippen molar-refractivity contribution in [3.05, 3.63) is 0 Å². The molecule has 3 atom stereocenters. The summed E-state index contributed by atoms with van der Waals surface area (Å²) < 4.78 is 0. The molecule has 31 heavy (non-hydrogen) atoms. The first-order valence-electron chi connectivity index (χ1n) is 9.89. The normalized spacial score (nSPS) is 13.6. The molecular formula is C18H35N7O5S. The highest BCUT2D eigenvalue weighted by atomic mass is 32.2. The van der Waals surface area contributed by atoms with Crippen LogP contribution < -0.4 is 33.2 Å². The summed E-state index contributed by atoms with van der Waals surface area (Å²) in [4.78, 5) is 52.1. The van der Waals surface area contributed by atoms with Crippen molar-refractivity contribution >= 4 is 41.4 Å². The molecule has 0 aliphatic heterocycles. The molecule has 0 aromatic heterocycles. The van der Waals surface area contributed by atoms with E-state index in [1.165, 1.54) is 0 Å². The van der Waals surface area contributed by atoms with Crippen LogP contribution in [0.2, 0.25) is 0 Å². The van der Waals surface area contributed by atoms with Gasteiger partial charge in [0, 0.05) is 6.54 Å². The van der Waals surface area contributed by atoms with Crippen LogP contribution >= 0.6 is 11.8 Å². The minimum Gasteiger partial charge on any atom is -0.480 e. The van der Waals surface area contributed by atoms with E-state index in [1.54, 1.807) is 25.6 Å². The van der Waals surface area contributed by atoms with E-state index in [4.69, 9.17) is 22.3 Å². The summed E-state index contributed by atoms with van der Waals surface area (Å²) >= 11 is 1.55. The Morgan fingerprint density at radius 1 is 1.03 bits per heavy atom. The Morgan fingerprint density at radius 3 is 2.19 bits per heavy atom. The number of nitrogens with one attached hydrogen (secondary N) is 3. The van der Waals surface area contributed by atoms with Gasteiger partial charge in [0.25, 0.3) is 0 Å². The summed E-state index contributed by atoms with van der Waals surface area (Å²) in [6.07, 6.45) is 2.95. The van der Waals surface area contributed by atoms with Crippen molar-refractivity contribution in [1.29, 1.82) is 0 Å². The first-order valence-corrected chi connectivity index (χ1v) is 11.3. The Morgan fingerprint density at radius 2 is 1.68 bits per heavy atom. The Kier molecular flexibility index (Phi) is 14.0. The van der Waals surface area contributed by atoms with Gasteiger partial charge in [-0.05, 0) is 37.2 Å². The third-order valence-corrected chi connectivity index (χ3v) is 4.85. The molecule has 10 N–H and O–H groups in total. The van der Waals surface area contributed by atoms with Crippen molar-refractivity contribution in [1.82, 2.24) is 16.0 Å². The van der Waals surface area contributed by atoms with Crippen LogP contribution in [0.15, 0.2) is 4.99 Å². The third kappa shape index (κ3) is 12.7. The highest BCUT2D eigenvalue weighted by Gasteiger charge is 2.29. The van der Waals surface area contributed by atoms with Gasteiger partial charge in [0.05, 0.1) is 6.04 Å². The number of hydrogen-bond acceptors (Lipinski definition) is 7. The minimum absolute atomic E-state index is 0.0842. The quantitative estimate of drug-likeness (QED) is 0.0810. The van der Waals surface area contributed by atoms with E-state index in [0.717, 1.165) is 0 Å². The number of amides is 3. The summed E-state index contributed by atoms with van der Waals surface area (Å²) in [5.74, 6) is -2.61. The monoisotopic (exact) mass is 461 g/mol. The van der Waals surface area contributed by atoms with Crippen molar-refractivity contribution in [3.8, 4) is 0 Å². The zero-order chi connectivity index (χ0) is 24.0. The second-order valence-electron chi connectivity index (χ2n) is 7.24. The highest BCUT2D eigenvalue weighted by molar-refractivity contribution is 7.98. The summed E-state index contributed by atoms with van der Waals surface area (Å²) in [7, 11) is 0. The summed E-state index contributed by atoms with van der Waals surface area (Å²) in [6.45, 7) is 3.10.